The van der Waals surface area contributed by atoms with Crippen molar-refractivity contribution in [3.63, 3.8) is 0 Å². The van der Waals surface area contributed by atoms with E-state index >= 15 is 0 Å². The summed E-state index contributed by atoms with van der Waals surface area (Å²) < 4.78 is 0. The quantitative estimate of drug-likeness (QED) is 0.855. The summed E-state index contributed by atoms with van der Waals surface area (Å²) in [6.45, 7) is 0.809. The van der Waals surface area contributed by atoms with E-state index in [2.05, 4.69) is 26.1 Å². The molecule has 0 saturated heterocycles. The minimum Gasteiger partial charge on any atom is -0.338 e. The Balaban J connectivity index is 2.22. The summed E-state index contributed by atoms with van der Waals surface area (Å²) >= 11 is 3.48. The second-order valence-corrected chi connectivity index (χ2v) is 5.12. The Morgan fingerprint density at radius 3 is 2.47 bits per heavy atom. The molecule has 0 unspecified atom stereocenters. The summed E-state index contributed by atoms with van der Waals surface area (Å²) in [4.78, 5) is 14.4. The van der Waals surface area contributed by atoms with Crippen LogP contribution in [0, 0.1) is 0 Å². The molecular formula is C15H13BrN2O. The molecule has 19 heavy (non-hydrogen) atoms. The monoisotopic (exact) mass is 316 g/mol. The highest BCUT2D eigenvalue weighted by molar-refractivity contribution is 9.09. The van der Waals surface area contributed by atoms with Gasteiger partial charge < -0.3 is 10.2 Å². The van der Waals surface area contributed by atoms with E-state index in [0.29, 0.717) is 5.56 Å². The molecule has 0 aliphatic carbocycles. The molecule has 1 heterocycles. The van der Waals surface area contributed by atoms with Crippen LogP contribution in [-0.4, -0.2) is 17.8 Å². The lowest BCUT2D eigenvalue weighted by Crippen LogP contribution is -2.20. The fourth-order valence-corrected chi connectivity index (χ4v) is 2.72. The molecule has 96 valence electrons. The lowest BCUT2D eigenvalue weighted by Gasteiger charge is -2.24. The van der Waals surface area contributed by atoms with Crippen molar-refractivity contribution < 1.29 is 4.79 Å². The maximum Gasteiger partial charge on any atom is 0.257 e. The van der Waals surface area contributed by atoms with Gasteiger partial charge in [-0.2, -0.15) is 0 Å². The van der Waals surface area contributed by atoms with Gasteiger partial charge in [0.05, 0.1) is 22.6 Å². The predicted molar refractivity (Wildman–Crippen MR) is 81.6 cm³/mol. The predicted octanol–water partition coefficient (Wildman–Crippen LogP) is 3.79. The molecule has 4 heteroatoms. The van der Waals surface area contributed by atoms with E-state index in [9.17, 15) is 4.79 Å². The van der Waals surface area contributed by atoms with Gasteiger partial charge in [-0.15, -0.1) is 0 Å². The van der Waals surface area contributed by atoms with E-state index in [0.717, 1.165) is 28.9 Å². The fraction of sp³-hybridized carbons (Fsp3) is 0.133. The van der Waals surface area contributed by atoms with Gasteiger partial charge in [0.15, 0.2) is 0 Å². The van der Waals surface area contributed by atoms with E-state index in [-0.39, 0.29) is 5.91 Å². The Morgan fingerprint density at radius 1 is 1.00 bits per heavy atom. The molecular weight excluding hydrogens is 304 g/mol. The topological polar surface area (TPSA) is 32.3 Å². The minimum absolute atomic E-state index is 0.0554. The van der Waals surface area contributed by atoms with Gasteiger partial charge in [0.25, 0.3) is 5.91 Å². The number of carbonyl (C=O) groups is 1. The van der Waals surface area contributed by atoms with Crippen LogP contribution in [0.1, 0.15) is 10.4 Å². The number of hydrogen-bond donors (Lipinski definition) is 1. The molecule has 0 atom stereocenters. The number of rotatable bonds is 2. The summed E-state index contributed by atoms with van der Waals surface area (Å²) in [7, 11) is 0. The number of para-hydroxylation sites is 3. The molecule has 1 amide bonds. The van der Waals surface area contributed by atoms with Crippen molar-refractivity contribution >= 4 is 38.9 Å². The van der Waals surface area contributed by atoms with Crippen LogP contribution in [0.2, 0.25) is 0 Å². The van der Waals surface area contributed by atoms with Gasteiger partial charge in [0.2, 0.25) is 0 Å². The van der Waals surface area contributed by atoms with E-state index in [1.165, 1.54) is 0 Å². The Bertz CT molecular complexity index is 627. The molecule has 3 nitrogen and oxygen atoms in total. The number of amides is 1. The largest absolute Gasteiger partial charge is 0.338 e. The second kappa shape index (κ2) is 5.05. The molecule has 0 spiro atoms. The van der Waals surface area contributed by atoms with Crippen LogP contribution in [0.3, 0.4) is 0 Å². The number of halogens is 1. The first-order valence-electron chi connectivity index (χ1n) is 6.14. The number of anilines is 3. The van der Waals surface area contributed by atoms with Crippen molar-refractivity contribution in [2.45, 2.75) is 0 Å². The van der Waals surface area contributed by atoms with Crippen molar-refractivity contribution in [1.82, 2.24) is 0 Å². The van der Waals surface area contributed by atoms with Crippen LogP contribution in [0.5, 0.6) is 0 Å². The van der Waals surface area contributed by atoms with Crippen molar-refractivity contribution in [1.29, 1.82) is 0 Å². The fourth-order valence-electron chi connectivity index (χ4n) is 2.36. The maximum atomic E-state index is 12.3. The zero-order valence-corrected chi connectivity index (χ0v) is 11.9. The molecule has 1 aliphatic heterocycles. The van der Waals surface area contributed by atoms with Crippen LogP contribution in [-0.2, 0) is 0 Å². The molecule has 1 aliphatic rings. The third-order valence-electron chi connectivity index (χ3n) is 3.19. The first-order valence-corrected chi connectivity index (χ1v) is 7.26. The number of carbonyl (C=O) groups excluding carboxylic acids is 1. The van der Waals surface area contributed by atoms with Gasteiger partial charge in [0, 0.05) is 11.9 Å². The number of fused-ring (bicyclic) bond motifs is 2. The van der Waals surface area contributed by atoms with Gasteiger partial charge in [-0.1, -0.05) is 40.2 Å². The van der Waals surface area contributed by atoms with Crippen molar-refractivity contribution in [2.75, 3.05) is 22.1 Å². The molecule has 3 rings (SSSR count). The van der Waals surface area contributed by atoms with Crippen LogP contribution < -0.4 is 10.2 Å². The lowest BCUT2D eigenvalue weighted by molar-refractivity contribution is 0.102. The molecule has 0 fully saturated rings. The first kappa shape index (κ1) is 12.2. The highest BCUT2D eigenvalue weighted by Gasteiger charge is 2.23. The number of nitrogens with one attached hydrogen (secondary N) is 1. The zero-order chi connectivity index (χ0) is 13.2. The van der Waals surface area contributed by atoms with Crippen molar-refractivity contribution in [3.05, 3.63) is 54.1 Å². The summed E-state index contributed by atoms with van der Waals surface area (Å²) in [6.07, 6.45) is 0. The Labute approximate surface area is 120 Å². The van der Waals surface area contributed by atoms with Crippen molar-refractivity contribution in [3.8, 4) is 0 Å². The standard InChI is InChI=1S/C15H13BrN2O/c16-9-10-18-13-7-3-1-5-11(13)15(19)17-12-6-2-4-8-14(12)18/h1-8H,9-10H2,(H,17,19). The lowest BCUT2D eigenvalue weighted by atomic mass is 10.1. The summed E-state index contributed by atoms with van der Waals surface area (Å²) in [5.74, 6) is -0.0554. The summed E-state index contributed by atoms with van der Waals surface area (Å²) in [5.41, 5.74) is 3.54. The van der Waals surface area contributed by atoms with E-state index in [4.69, 9.17) is 0 Å². The summed E-state index contributed by atoms with van der Waals surface area (Å²) in [5, 5.41) is 3.81. The molecule has 0 aromatic heterocycles. The van der Waals surface area contributed by atoms with E-state index in [1.54, 1.807) is 0 Å². The minimum atomic E-state index is -0.0554. The van der Waals surface area contributed by atoms with Gasteiger partial charge >= 0.3 is 0 Å². The van der Waals surface area contributed by atoms with E-state index < -0.39 is 0 Å². The Hall–Kier alpha value is -1.81. The van der Waals surface area contributed by atoms with Crippen LogP contribution >= 0.6 is 15.9 Å². The van der Waals surface area contributed by atoms with Crippen LogP contribution in [0.25, 0.3) is 0 Å². The van der Waals surface area contributed by atoms with Gasteiger partial charge in [-0.25, -0.2) is 0 Å². The average molecular weight is 317 g/mol. The molecule has 0 bridgehead atoms. The average Bonchev–Trinajstić information content (AvgIpc) is 2.56. The Morgan fingerprint density at radius 2 is 1.68 bits per heavy atom. The Kier molecular flexibility index (Phi) is 3.25. The molecule has 2 aromatic rings. The highest BCUT2D eigenvalue weighted by Crippen LogP contribution is 2.37. The molecule has 0 saturated carbocycles. The van der Waals surface area contributed by atoms with Gasteiger partial charge in [-0.05, 0) is 24.3 Å². The van der Waals surface area contributed by atoms with Gasteiger partial charge in [-0.3, -0.25) is 4.79 Å². The van der Waals surface area contributed by atoms with Gasteiger partial charge in [0.1, 0.15) is 0 Å². The molecule has 2 aromatic carbocycles. The molecule has 0 radical (unpaired) electrons. The number of nitrogens with zero attached hydrogens (tertiary/aromatic N) is 1. The third-order valence-corrected chi connectivity index (χ3v) is 3.55. The van der Waals surface area contributed by atoms with Crippen molar-refractivity contribution in [2.24, 2.45) is 0 Å². The van der Waals surface area contributed by atoms with Crippen LogP contribution in [0.15, 0.2) is 48.5 Å². The normalized spacial score (nSPS) is 13.3. The third kappa shape index (κ3) is 2.12. The summed E-state index contributed by atoms with van der Waals surface area (Å²) in [6, 6.07) is 15.6. The first-order chi connectivity index (χ1) is 9.31. The molecule has 1 N–H and O–H groups in total. The van der Waals surface area contributed by atoms with E-state index in [1.807, 2.05) is 48.5 Å². The smallest absolute Gasteiger partial charge is 0.257 e. The van der Waals surface area contributed by atoms with Crippen LogP contribution in [0.4, 0.5) is 17.1 Å². The maximum absolute atomic E-state index is 12.3. The number of benzene rings is 2. The highest BCUT2D eigenvalue weighted by atomic mass is 79.9. The number of alkyl halides is 1. The number of hydrogen-bond acceptors (Lipinski definition) is 2. The SMILES string of the molecule is O=C1Nc2ccccc2N(CCBr)c2ccccc21. The zero-order valence-electron chi connectivity index (χ0n) is 10.3. The second-order valence-electron chi connectivity index (χ2n) is 4.33.